The first-order valence-corrected chi connectivity index (χ1v) is 7.11. The Labute approximate surface area is 123 Å². The molecule has 4 rings (SSSR count). The Morgan fingerprint density at radius 3 is 2.48 bits per heavy atom. The topological polar surface area (TPSA) is 18.5 Å². The summed E-state index contributed by atoms with van der Waals surface area (Å²) in [5.41, 5.74) is 3.36. The normalized spacial score (nSPS) is 20.6. The number of hydrogen-bond donors (Lipinski definition) is 0. The summed E-state index contributed by atoms with van der Waals surface area (Å²) in [6.45, 7) is 0.572. The van der Waals surface area contributed by atoms with E-state index in [-0.39, 0.29) is 0 Å². The third kappa shape index (κ3) is 1.73. The van der Waals surface area contributed by atoms with Gasteiger partial charge in [-0.05, 0) is 16.3 Å². The summed E-state index contributed by atoms with van der Waals surface area (Å²) in [7, 11) is 1.71. The first-order valence-electron chi connectivity index (χ1n) is 7.11. The first-order chi connectivity index (χ1) is 10.3. The van der Waals surface area contributed by atoms with Crippen LogP contribution in [0.2, 0.25) is 0 Å². The molecule has 2 heteroatoms. The van der Waals surface area contributed by atoms with E-state index in [0.717, 1.165) is 11.1 Å². The van der Waals surface area contributed by atoms with E-state index in [2.05, 4.69) is 48.5 Å². The third-order valence-corrected chi connectivity index (χ3v) is 4.22. The number of ether oxygens (including phenoxy) is 2. The quantitative estimate of drug-likeness (QED) is 0.697. The van der Waals surface area contributed by atoms with Crippen molar-refractivity contribution < 1.29 is 9.47 Å². The Morgan fingerprint density at radius 2 is 1.67 bits per heavy atom. The molecule has 1 unspecified atom stereocenters. The molecule has 0 saturated heterocycles. The van der Waals surface area contributed by atoms with Crippen LogP contribution in [-0.4, -0.2) is 7.11 Å². The van der Waals surface area contributed by atoms with E-state index < -0.39 is 5.79 Å². The van der Waals surface area contributed by atoms with Crippen LogP contribution in [0.25, 0.3) is 10.8 Å². The molecule has 0 fully saturated rings. The van der Waals surface area contributed by atoms with Gasteiger partial charge in [-0.3, -0.25) is 0 Å². The molecule has 0 amide bonds. The molecule has 1 heterocycles. The largest absolute Gasteiger partial charge is 0.346 e. The average molecular weight is 276 g/mol. The average Bonchev–Trinajstić information content (AvgIpc) is 2.96. The molecule has 0 saturated carbocycles. The fourth-order valence-electron chi connectivity index (χ4n) is 3.24. The van der Waals surface area contributed by atoms with Crippen molar-refractivity contribution in [3.8, 4) is 0 Å². The zero-order valence-corrected chi connectivity index (χ0v) is 11.9. The molecule has 1 atom stereocenters. The van der Waals surface area contributed by atoms with Crippen LogP contribution in [-0.2, 0) is 21.9 Å². The SMILES string of the molecule is COC1(c2ccccc2)OCc2ccc3ccccc3c21. The highest BCUT2D eigenvalue weighted by molar-refractivity contribution is 5.88. The van der Waals surface area contributed by atoms with E-state index in [9.17, 15) is 0 Å². The van der Waals surface area contributed by atoms with Crippen LogP contribution >= 0.6 is 0 Å². The van der Waals surface area contributed by atoms with Crippen LogP contribution < -0.4 is 0 Å². The van der Waals surface area contributed by atoms with Gasteiger partial charge >= 0.3 is 0 Å². The lowest BCUT2D eigenvalue weighted by Crippen LogP contribution is -2.29. The molecule has 3 aromatic carbocycles. The maximum absolute atomic E-state index is 6.13. The lowest BCUT2D eigenvalue weighted by Gasteiger charge is -2.29. The molecule has 21 heavy (non-hydrogen) atoms. The van der Waals surface area contributed by atoms with Gasteiger partial charge in [-0.15, -0.1) is 0 Å². The minimum absolute atomic E-state index is 0.572. The predicted molar refractivity (Wildman–Crippen MR) is 83.0 cm³/mol. The summed E-state index contributed by atoms with van der Waals surface area (Å²) in [5, 5.41) is 2.40. The van der Waals surface area contributed by atoms with Gasteiger partial charge in [0.2, 0.25) is 5.79 Å². The molecule has 3 aromatic rings. The van der Waals surface area contributed by atoms with Crippen molar-refractivity contribution in [1.82, 2.24) is 0 Å². The van der Waals surface area contributed by atoms with Gasteiger partial charge in [0.05, 0.1) is 6.61 Å². The Morgan fingerprint density at radius 1 is 0.905 bits per heavy atom. The molecule has 0 N–H and O–H groups in total. The highest BCUT2D eigenvalue weighted by Crippen LogP contribution is 2.45. The zero-order chi connectivity index (χ0) is 14.3. The van der Waals surface area contributed by atoms with E-state index in [4.69, 9.17) is 9.47 Å². The van der Waals surface area contributed by atoms with E-state index in [0.29, 0.717) is 6.61 Å². The lowest BCUT2D eigenvalue weighted by molar-refractivity contribution is -0.191. The highest BCUT2D eigenvalue weighted by Gasteiger charge is 2.43. The Bertz CT molecular complexity index is 795. The Hall–Kier alpha value is -2.16. The van der Waals surface area contributed by atoms with Crippen LogP contribution in [0.3, 0.4) is 0 Å². The summed E-state index contributed by atoms with van der Waals surface area (Å²) < 4.78 is 12.0. The fourth-order valence-corrected chi connectivity index (χ4v) is 3.24. The maximum Gasteiger partial charge on any atom is 0.223 e. The summed E-state index contributed by atoms with van der Waals surface area (Å²) in [6.07, 6.45) is 0. The second kappa shape index (κ2) is 4.69. The van der Waals surface area contributed by atoms with Crippen LogP contribution in [0.15, 0.2) is 66.7 Å². The van der Waals surface area contributed by atoms with Gasteiger partial charge in [-0.25, -0.2) is 0 Å². The van der Waals surface area contributed by atoms with Crippen LogP contribution in [0.1, 0.15) is 16.7 Å². The van der Waals surface area contributed by atoms with Gasteiger partial charge in [0.1, 0.15) is 0 Å². The molecule has 1 aliphatic rings. The zero-order valence-electron chi connectivity index (χ0n) is 11.9. The monoisotopic (exact) mass is 276 g/mol. The molecule has 104 valence electrons. The minimum Gasteiger partial charge on any atom is -0.346 e. The molecule has 0 aromatic heterocycles. The first kappa shape index (κ1) is 12.6. The van der Waals surface area contributed by atoms with Crippen molar-refractivity contribution in [3.63, 3.8) is 0 Å². The van der Waals surface area contributed by atoms with Gasteiger partial charge in [-0.2, -0.15) is 0 Å². The molecule has 0 aliphatic carbocycles. The highest BCUT2D eigenvalue weighted by atomic mass is 16.7. The van der Waals surface area contributed by atoms with Crippen molar-refractivity contribution >= 4 is 10.8 Å². The summed E-state index contributed by atoms with van der Waals surface area (Å²) in [4.78, 5) is 0. The fraction of sp³-hybridized carbons (Fsp3) is 0.158. The van der Waals surface area contributed by atoms with Crippen molar-refractivity contribution in [2.45, 2.75) is 12.4 Å². The maximum atomic E-state index is 6.13. The predicted octanol–water partition coefficient (Wildman–Crippen LogP) is 4.22. The van der Waals surface area contributed by atoms with Gasteiger partial charge in [0, 0.05) is 18.2 Å². The standard InChI is InChI=1S/C19H16O2/c1-20-19(16-8-3-2-4-9-16)18-15(13-21-19)12-11-14-7-5-6-10-17(14)18/h2-12H,13H2,1H3. The van der Waals surface area contributed by atoms with E-state index in [1.54, 1.807) is 7.11 Å². The van der Waals surface area contributed by atoms with Gasteiger partial charge in [-0.1, -0.05) is 66.7 Å². The molecule has 0 radical (unpaired) electrons. The molecule has 1 aliphatic heterocycles. The third-order valence-electron chi connectivity index (χ3n) is 4.22. The van der Waals surface area contributed by atoms with Crippen molar-refractivity contribution in [2.24, 2.45) is 0 Å². The minimum atomic E-state index is -0.808. The molecule has 0 bridgehead atoms. The smallest absolute Gasteiger partial charge is 0.223 e. The number of fused-ring (bicyclic) bond motifs is 3. The van der Waals surface area contributed by atoms with Gasteiger partial charge in [0.15, 0.2) is 0 Å². The number of methoxy groups -OCH3 is 1. The van der Waals surface area contributed by atoms with Crippen molar-refractivity contribution in [2.75, 3.05) is 7.11 Å². The second-order valence-corrected chi connectivity index (χ2v) is 5.30. The second-order valence-electron chi connectivity index (χ2n) is 5.30. The molecule has 0 spiro atoms. The molecular formula is C19H16O2. The molecule has 2 nitrogen and oxygen atoms in total. The molecular weight excluding hydrogens is 260 g/mol. The van der Waals surface area contributed by atoms with Gasteiger partial charge in [0.25, 0.3) is 0 Å². The Balaban J connectivity index is 2.06. The summed E-state index contributed by atoms with van der Waals surface area (Å²) >= 11 is 0. The van der Waals surface area contributed by atoms with E-state index in [1.807, 2.05) is 18.2 Å². The van der Waals surface area contributed by atoms with E-state index in [1.165, 1.54) is 16.3 Å². The van der Waals surface area contributed by atoms with Gasteiger partial charge < -0.3 is 9.47 Å². The van der Waals surface area contributed by atoms with Crippen LogP contribution in [0.5, 0.6) is 0 Å². The van der Waals surface area contributed by atoms with E-state index >= 15 is 0 Å². The lowest BCUT2D eigenvalue weighted by atomic mass is 9.91. The number of hydrogen-bond acceptors (Lipinski definition) is 2. The van der Waals surface area contributed by atoms with Crippen molar-refractivity contribution in [1.29, 1.82) is 0 Å². The number of rotatable bonds is 2. The number of benzene rings is 3. The Kier molecular flexibility index (Phi) is 2.81. The summed E-state index contributed by atoms with van der Waals surface area (Å²) in [6, 6.07) is 22.8. The van der Waals surface area contributed by atoms with Crippen LogP contribution in [0, 0.1) is 0 Å². The summed E-state index contributed by atoms with van der Waals surface area (Å²) in [5.74, 6) is -0.808. The van der Waals surface area contributed by atoms with Crippen LogP contribution in [0.4, 0.5) is 0 Å². The van der Waals surface area contributed by atoms with Crippen molar-refractivity contribution in [3.05, 3.63) is 83.4 Å².